The summed E-state index contributed by atoms with van der Waals surface area (Å²) < 4.78 is 0. The monoisotopic (exact) mass is 330 g/mol. The molecule has 2 unspecified atom stereocenters. The molecule has 6 N–H and O–H groups in total. The van der Waals surface area contributed by atoms with E-state index >= 15 is 0 Å². The van der Waals surface area contributed by atoms with Crippen LogP contribution in [0, 0.1) is 11.8 Å². The number of hydrogen-bond acceptors (Lipinski definition) is 6. The minimum atomic E-state index is -2.24. The van der Waals surface area contributed by atoms with Crippen molar-refractivity contribution in [2.45, 2.75) is 58.0 Å². The van der Waals surface area contributed by atoms with Crippen LogP contribution in [0.4, 0.5) is 0 Å². The van der Waals surface area contributed by atoms with Crippen molar-refractivity contribution in [1.29, 1.82) is 0 Å². The van der Waals surface area contributed by atoms with E-state index in [9.17, 15) is 29.4 Å². The van der Waals surface area contributed by atoms with Gasteiger partial charge in [-0.2, -0.15) is 0 Å². The van der Waals surface area contributed by atoms with E-state index in [4.69, 9.17) is 11.5 Å². The molecule has 8 nitrogen and oxygen atoms in total. The molecule has 0 aliphatic carbocycles. The standard InChI is InChI=1S/C15H26N2O6/c1-8(2)6-14(16,12(20)21)10(18)5-11(19)15(17,13(22)23)7-9(3)4/h8-9H,5-7,16-17H2,1-4H3,(H,20,21)(H,22,23). The van der Waals surface area contributed by atoms with Crippen LogP contribution in [-0.4, -0.2) is 44.8 Å². The fourth-order valence-corrected chi connectivity index (χ4v) is 2.39. The van der Waals surface area contributed by atoms with E-state index in [1.54, 1.807) is 27.7 Å². The molecule has 23 heavy (non-hydrogen) atoms. The molecular formula is C15H26N2O6. The zero-order valence-corrected chi connectivity index (χ0v) is 14.0. The summed E-state index contributed by atoms with van der Waals surface area (Å²) in [6, 6.07) is 0. The van der Waals surface area contributed by atoms with Gasteiger partial charge in [-0.3, -0.25) is 9.59 Å². The number of hydrogen-bond donors (Lipinski definition) is 4. The molecule has 0 fully saturated rings. The van der Waals surface area contributed by atoms with Gasteiger partial charge in [-0.05, 0) is 24.7 Å². The fraction of sp³-hybridized carbons (Fsp3) is 0.733. The third-order valence-corrected chi connectivity index (χ3v) is 3.54. The summed E-state index contributed by atoms with van der Waals surface area (Å²) in [4.78, 5) is 47.1. The summed E-state index contributed by atoms with van der Waals surface area (Å²) in [6.45, 7) is 6.73. The molecule has 0 aromatic rings. The maximum absolute atomic E-state index is 12.2. The molecule has 0 aliphatic rings. The molecular weight excluding hydrogens is 304 g/mol. The Balaban J connectivity index is 5.43. The highest BCUT2D eigenvalue weighted by atomic mass is 16.4. The summed E-state index contributed by atoms with van der Waals surface area (Å²) in [5.41, 5.74) is 6.86. The number of nitrogens with two attached hydrogens (primary N) is 2. The maximum Gasteiger partial charge on any atom is 0.331 e. The number of carboxylic acids is 2. The first kappa shape index (κ1) is 21.2. The maximum atomic E-state index is 12.2. The molecule has 0 saturated heterocycles. The number of carbonyl (C=O) groups excluding carboxylic acids is 2. The number of carboxylic acid groups (broad SMARTS) is 2. The van der Waals surface area contributed by atoms with Gasteiger partial charge in [0.25, 0.3) is 0 Å². The van der Waals surface area contributed by atoms with Crippen LogP contribution in [0.25, 0.3) is 0 Å². The second-order valence-electron chi connectivity index (χ2n) is 6.77. The first-order valence-corrected chi connectivity index (χ1v) is 7.38. The van der Waals surface area contributed by atoms with Gasteiger partial charge in [0.1, 0.15) is 0 Å². The van der Waals surface area contributed by atoms with Crippen LogP contribution in [0.2, 0.25) is 0 Å². The molecule has 2 atom stereocenters. The molecule has 0 spiro atoms. The molecule has 0 rings (SSSR count). The fourth-order valence-electron chi connectivity index (χ4n) is 2.39. The lowest BCUT2D eigenvalue weighted by molar-refractivity contribution is -0.151. The smallest absolute Gasteiger partial charge is 0.331 e. The van der Waals surface area contributed by atoms with E-state index in [2.05, 4.69) is 0 Å². The van der Waals surface area contributed by atoms with Gasteiger partial charge in [0.05, 0.1) is 6.42 Å². The van der Waals surface area contributed by atoms with Crippen molar-refractivity contribution in [2.75, 3.05) is 0 Å². The molecule has 132 valence electrons. The van der Waals surface area contributed by atoms with E-state index < -0.39 is 41.0 Å². The third-order valence-electron chi connectivity index (χ3n) is 3.54. The van der Waals surface area contributed by atoms with Gasteiger partial charge in [-0.15, -0.1) is 0 Å². The lowest BCUT2D eigenvalue weighted by atomic mass is 9.79. The predicted octanol–water partition coefficient (Wildman–Crippen LogP) is 0.171. The van der Waals surface area contributed by atoms with Gasteiger partial charge >= 0.3 is 11.9 Å². The molecule has 0 heterocycles. The van der Waals surface area contributed by atoms with E-state index in [-0.39, 0.29) is 24.7 Å². The summed E-state index contributed by atoms with van der Waals surface area (Å²) in [7, 11) is 0. The van der Waals surface area contributed by atoms with Gasteiger partial charge in [-0.25, -0.2) is 9.59 Å². The van der Waals surface area contributed by atoms with Crippen molar-refractivity contribution in [3.63, 3.8) is 0 Å². The highest BCUT2D eigenvalue weighted by Crippen LogP contribution is 2.22. The first-order chi connectivity index (χ1) is 10.3. The van der Waals surface area contributed by atoms with E-state index in [0.29, 0.717) is 0 Å². The van der Waals surface area contributed by atoms with Crippen molar-refractivity contribution in [3.8, 4) is 0 Å². The minimum Gasteiger partial charge on any atom is -0.480 e. The SMILES string of the molecule is CC(C)CC(N)(C(=O)O)C(=O)CC(=O)C(N)(CC(C)C)C(=O)O. The van der Waals surface area contributed by atoms with Crippen molar-refractivity contribution in [3.05, 3.63) is 0 Å². The van der Waals surface area contributed by atoms with Crippen LogP contribution in [0.5, 0.6) is 0 Å². The third kappa shape index (κ3) is 5.11. The average Bonchev–Trinajstić information content (AvgIpc) is 2.35. The van der Waals surface area contributed by atoms with Crippen LogP contribution in [0.3, 0.4) is 0 Å². The van der Waals surface area contributed by atoms with Crippen LogP contribution in [0.15, 0.2) is 0 Å². The number of ketones is 2. The van der Waals surface area contributed by atoms with Crippen LogP contribution < -0.4 is 11.5 Å². The zero-order chi connectivity index (χ0) is 18.6. The number of rotatable bonds is 10. The minimum absolute atomic E-state index is 0.163. The lowest BCUT2D eigenvalue weighted by Gasteiger charge is -2.28. The highest BCUT2D eigenvalue weighted by molar-refractivity contribution is 6.19. The van der Waals surface area contributed by atoms with Crippen molar-refractivity contribution in [2.24, 2.45) is 23.3 Å². The topological polar surface area (TPSA) is 161 Å². The normalized spacial score (nSPS) is 16.7. The number of Topliss-reactive ketones (excluding diaryl/α,β-unsaturated/α-hetero) is 2. The Labute approximate surface area is 135 Å². The van der Waals surface area contributed by atoms with Crippen LogP contribution >= 0.6 is 0 Å². The Hall–Kier alpha value is -1.80. The first-order valence-electron chi connectivity index (χ1n) is 7.38. The molecule has 0 aromatic carbocycles. The molecule has 0 amide bonds. The van der Waals surface area contributed by atoms with E-state index in [1.807, 2.05) is 0 Å². The van der Waals surface area contributed by atoms with Gasteiger partial charge in [0, 0.05) is 0 Å². The van der Waals surface area contributed by atoms with Crippen LogP contribution in [0.1, 0.15) is 47.0 Å². The Morgan fingerprint density at radius 1 is 0.783 bits per heavy atom. The number of carbonyl (C=O) groups is 4. The van der Waals surface area contributed by atoms with Crippen molar-refractivity contribution < 1.29 is 29.4 Å². The van der Waals surface area contributed by atoms with Gasteiger partial charge in [-0.1, -0.05) is 27.7 Å². The molecule has 8 heteroatoms. The summed E-state index contributed by atoms with van der Waals surface area (Å²) in [5, 5.41) is 18.4. The largest absolute Gasteiger partial charge is 0.480 e. The lowest BCUT2D eigenvalue weighted by Crippen LogP contribution is -2.60. The van der Waals surface area contributed by atoms with Gasteiger partial charge in [0.2, 0.25) is 0 Å². The Kier molecular flexibility index (Phi) is 7.05. The second-order valence-corrected chi connectivity index (χ2v) is 6.77. The summed E-state index contributed by atoms with van der Waals surface area (Å²) in [6.07, 6.45) is -1.25. The highest BCUT2D eigenvalue weighted by Gasteiger charge is 2.48. The average molecular weight is 330 g/mol. The molecule has 0 saturated carbocycles. The summed E-state index contributed by atoms with van der Waals surface area (Å²) >= 11 is 0. The summed E-state index contributed by atoms with van der Waals surface area (Å²) in [5.74, 6) is -5.58. The Morgan fingerprint density at radius 3 is 1.22 bits per heavy atom. The molecule has 0 radical (unpaired) electrons. The Bertz CT molecular complexity index is 458. The van der Waals surface area contributed by atoms with Crippen molar-refractivity contribution in [1.82, 2.24) is 0 Å². The van der Waals surface area contributed by atoms with Gasteiger partial charge in [0.15, 0.2) is 22.6 Å². The molecule has 0 aliphatic heterocycles. The second kappa shape index (κ2) is 7.65. The molecule has 0 bridgehead atoms. The molecule has 0 aromatic heterocycles. The van der Waals surface area contributed by atoms with Crippen LogP contribution in [-0.2, 0) is 19.2 Å². The predicted molar refractivity (Wildman–Crippen MR) is 82.6 cm³/mol. The van der Waals surface area contributed by atoms with E-state index in [0.717, 1.165) is 0 Å². The Morgan fingerprint density at radius 2 is 1.04 bits per heavy atom. The zero-order valence-electron chi connectivity index (χ0n) is 14.0. The van der Waals surface area contributed by atoms with E-state index in [1.165, 1.54) is 0 Å². The quantitative estimate of drug-likeness (QED) is 0.412. The number of aliphatic carboxylic acids is 2. The van der Waals surface area contributed by atoms with Crippen molar-refractivity contribution >= 4 is 23.5 Å². The van der Waals surface area contributed by atoms with Gasteiger partial charge < -0.3 is 21.7 Å².